The van der Waals surface area contributed by atoms with E-state index < -0.39 is 0 Å². The molecule has 1 aromatic carbocycles. The molecule has 1 heterocycles. The molecule has 28 heavy (non-hydrogen) atoms. The smallest absolute Gasteiger partial charge is 0.251 e. The van der Waals surface area contributed by atoms with Crippen LogP contribution < -0.4 is 21.1 Å². The molecule has 6 heteroatoms. The maximum absolute atomic E-state index is 12.7. The second-order valence-corrected chi connectivity index (χ2v) is 7.86. The molecule has 0 bridgehead atoms. The van der Waals surface area contributed by atoms with Crippen LogP contribution in [0.4, 0.5) is 0 Å². The van der Waals surface area contributed by atoms with Gasteiger partial charge in [0.05, 0.1) is 6.61 Å². The lowest BCUT2D eigenvalue weighted by molar-refractivity contribution is 0.0944. The molecule has 1 amide bonds. The molecule has 3 atom stereocenters. The van der Waals surface area contributed by atoms with Crippen molar-refractivity contribution < 1.29 is 14.3 Å². The maximum atomic E-state index is 12.7. The minimum absolute atomic E-state index is 0.0560. The molecule has 6 nitrogen and oxygen atoms in total. The molecule has 1 aromatic rings. The predicted molar refractivity (Wildman–Crippen MR) is 113 cm³/mol. The number of hydrogen-bond acceptors (Lipinski definition) is 5. The summed E-state index contributed by atoms with van der Waals surface area (Å²) in [7, 11) is 1.69. The third-order valence-corrected chi connectivity index (χ3v) is 5.65. The highest BCUT2D eigenvalue weighted by Gasteiger charge is 2.26. The number of amides is 1. The van der Waals surface area contributed by atoms with Crippen LogP contribution in [-0.4, -0.2) is 52.4 Å². The zero-order chi connectivity index (χ0) is 20.4. The minimum Gasteiger partial charge on any atom is -0.493 e. The molecular weight excluding hydrogens is 354 g/mol. The summed E-state index contributed by atoms with van der Waals surface area (Å²) >= 11 is 0. The lowest BCUT2D eigenvalue weighted by Gasteiger charge is -2.18. The van der Waals surface area contributed by atoms with E-state index in [-0.39, 0.29) is 5.91 Å². The van der Waals surface area contributed by atoms with Gasteiger partial charge >= 0.3 is 0 Å². The van der Waals surface area contributed by atoms with Gasteiger partial charge in [-0.3, -0.25) is 4.79 Å². The Bertz CT molecular complexity index is 609. The van der Waals surface area contributed by atoms with E-state index in [2.05, 4.69) is 24.5 Å². The van der Waals surface area contributed by atoms with Crippen LogP contribution in [0, 0.1) is 17.8 Å². The van der Waals surface area contributed by atoms with Crippen molar-refractivity contribution in [2.45, 2.75) is 33.1 Å². The highest BCUT2D eigenvalue weighted by molar-refractivity contribution is 5.94. The molecule has 1 saturated heterocycles. The first-order chi connectivity index (χ1) is 13.6. The van der Waals surface area contributed by atoms with E-state index in [9.17, 15) is 4.79 Å². The molecule has 0 spiro atoms. The van der Waals surface area contributed by atoms with E-state index in [1.54, 1.807) is 7.11 Å². The first kappa shape index (κ1) is 22.7. The molecule has 2 rings (SSSR count). The summed E-state index contributed by atoms with van der Waals surface area (Å²) < 4.78 is 11.1. The van der Waals surface area contributed by atoms with Crippen LogP contribution in [0.2, 0.25) is 0 Å². The number of benzene rings is 1. The second kappa shape index (κ2) is 12.0. The Morgan fingerprint density at radius 3 is 2.82 bits per heavy atom. The Balaban J connectivity index is 2.02. The molecule has 0 aromatic heterocycles. The van der Waals surface area contributed by atoms with Crippen LogP contribution in [0.1, 0.15) is 42.6 Å². The molecule has 1 aliphatic heterocycles. The average Bonchev–Trinajstić information content (AvgIpc) is 3.17. The Kier molecular flexibility index (Phi) is 9.75. The summed E-state index contributed by atoms with van der Waals surface area (Å²) in [6.45, 7) is 8.81. The summed E-state index contributed by atoms with van der Waals surface area (Å²) in [5.41, 5.74) is 7.62. The molecular formula is C22H37N3O3. The molecule has 0 aliphatic carbocycles. The molecule has 0 saturated carbocycles. The van der Waals surface area contributed by atoms with Gasteiger partial charge in [0.15, 0.2) is 0 Å². The van der Waals surface area contributed by atoms with Crippen molar-refractivity contribution in [3.05, 3.63) is 29.3 Å². The van der Waals surface area contributed by atoms with Gasteiger partial charge in [-0.25, -0.2) is 0 Å². The topological polar surface area (TPSA) is 85.6 Å². The fourth-order valence-corrected chi connectivity index (χ4v) is 3.53. The van der Waals surface area contributed by atoms with Crippen molar-refractivity contribution in [2.24, 2.45) is 23.5 Å². The Labute approximate surface area is 169 Å². The van der Waals surface area contributed by atoms with Gasteiger partial charge in [0.2, 0.25) is 0 Å². The summed E-state index contributed by atoms with van der Waals surface area (Å²) in [6.07, 6.45) is 2.89. The van der Waals surface area contributed by atoms with Gasteiger partial charge in [-0.2, -0.15) is 0 Å². The molecule has 0 radical (unpaired) electrons. The standard InChI is InChI=1S/C22H37N3O3/c1-4-16(2)10-17-6-7-18(11-21(17)28-9-5-8-27-3)22(26)25-15-20-14-24-13-19(20)12-23/h6-7,11,16,19-20,24H,4-5,8-10,12-15,23H2,1-3H3,(H,25,26)/t16?,19-,20+/m1/s1. The van der Waals surface area contributed by atoms with Crippen molar-refractivity contribution in [1.29, 1.82) is 0 Å². The summed E-state index contributed by atoms with van der Waals surface area (Å²) in [5.74, 6) is 2.15. The molecule has 4 N–H and O–H groups in total. The molecule has 1 fully saturated rings. The number of carbonyl (C=O) groups is 1. The van der Waals surface area contributed by atoms with E-state index >= 15 is 0 Å². The fraction of sp³-hybridized carbons (Fsp3) is 0.682. The monoisotopic (exact) mass is 391 g/mol. The number of carbonyl (C=O) groups excluding carboxylic acids is 1. The zero-order valence-corrected chi connectivity index (χ0v) is 17.6. The Morgan fingerprint density at radius 2 is 2.11 bits per heavy atom. The lowest BCUT2D eigenvalue weighted by Crippen LogP contribution is -2.34. The average molecular weight is 392 g/mol. The van der Waals surface area contributed by atoms with Crippen LogP contribution in [0.15, 0.2) is 18.2 Å². The van der Waals surface area contributed by atoms with Crippen molar-refractivity contribution in [2.75, 3.05) is 46.5 Å². The third kappa shape index (κ3) is 6.76. The van der Waals surface area contributed by atoms with Crippen molar-refractivity contribution in [3.8, 4) is 5.75 Å². The van der Waals surface area contributed by atoms with Crippen molar-refractivity contribution in [1.82, 2.24) is 10.6 Å². The summed E-state index contributed by atoms with van der Waals surface area (Å²) in [5, 5.41) is 6.42. The molecule has 1 aliphatic rings. The first-order valence-electron chi connectivity index (χ1n) is 10.5. The lowest BCUT2D eigenvalue weighted by atomic mass is 9.95. The van der Waals surface area contributed by atoms with Crippen LogP contribution in [0.3, 0.4) is 0 Å². The van der Waals surface area contributed by atoms with Crippen molar-refractivity contribution in [3.63, 3.8) is 0 Å². The van der Waals surface area contributed by atoms with E-state index in [1.165, 1.54) is 0 Å². The van der Waals surface area contributed by atoms with Gasteiger partial charge in [0, 0.05) is 38.8 Å². The number of nitrogens with two attached hydrogens (primary N) is 1. The SMILES string of the molecule is CCC(C)Cc1ccc(C(=O)NC[C@@H]2CNC[C@H]2CN)cc1OCCCOC. The van der Waals surface area contributed by atoms with E-state index in [4.69, 9.17) is 15.2 Å². The van der Waals surface area contributed by atoms with Crippen LogP contribution in [0.5, 0.6) is 5.75 Å². The van der Waals surface area contributed by atoms with E-state index in [1.807, 2.05) is 18.2 Å². The number of ether oxygens (including phenoxy) is 2. The zero-order valence-electron chi connectivity index (χ0n) is 17.6. The van der Waals surface area contributed by atoms with E-state index in [0.717, 1.165) is 43.7 Å². The van der Waals surface area contributed by atoms with Crippen LogP contribution >= 0.6 is 0 Å². The van der Waals surface area contributed by atoms with Gasteiger partial charge in [-0.1, -0.05) is 26.3 Å². The third-order valence-electron chi connectivity index (χ3n) is 5.65. The van der Waals surface area contributed by atoms with Gasteiger partial charge in [0.25, 0.3) is 5.91 Å². The highest BCUT2D eigenvalue weighted by atomic mass is 16.5. The predicted octanol–water partition coefficient (Wildman–Crippen LogP) is 2.21. The Hall–Kier alpha value is -1.63. The summed E-state index contributed by atoms with van der Waals surface area (Å²) in [6, 6.07) is 5.82. The highest BCUT2D eigenvalue weighted by Crippen LogP contribution is 2.25. The first-order valence-corrected chi connectivity index (χ1v) is 10.5. The summed E-state index contributed by atoms with van der Waals surface area (Å²) in [4.78, 5) is 12.7. The van der Waals surface area contributed by atoms with Crippen LogP contribution in [-0.2, 0) is 11.2 Å². The fourth-order valence-electron chi connectivity index (χ4n) is 3.53. The number of hydrogen-bond donors (Lipinski definition) is 3. The quantitative estimate of drug-likeness (QED) is 0.476. The van der Waals surface area contributed by atoms with Gasteiger partial charge in [0.1, 0.15) is 5.75 Å². The van der Waals surface area contributed by atoms with Gasteiger partial charge in [-0.05, 0) is 55.0 Å². The molecule has 1 unspecified atom stereocenters. The molecule has 158 valence electrons. The normalized spacial score (nSPS) is 20.1. The minimum atomic E-state index is -0.0560. The second-order valence-electron chi connectivity index (χ2n) is 7.86. The van der Waals surface area contributed by atoms with Gasteiger partial charge in [-0.15, -0.1) is 0 Å². The maximum Gasteiger partial charge on any atom is 0.251 e. The van der Waals surface area contributed by atoms with Crippen molar-refractivity contribution >= 4 is 5.91 Å². The largest absolute Gasteiger partial charge is 0.493 e. The Morgan fingerprint density at radius 1 is 1.32 bits per heavy atom. The van der Waals surface area contributed by atoms with Gasteiger partial charge < -0.3 is 25.8 Å². The number of nitrogens with one attached hydrogen (secondary N) is 2. The number of methoxy groups -OCH3 is 1. The number of rotatable bonds is 12. The van der Waals surface area contributed by atoms with E-state index in [0.29, 0.717) is 49.6 Å². The van der Waals surface area contributed by atoms with Crippen LogP contribution in [0.25, 0.3) is 0 Å².